The molecule has 0 aliphatic carbocycles. The van der Waals surface area contributed by atoms with Crippen molar-refractivity contribution >= 4 is 32.0 Å². The molecule has 0 bridgehead atoms. The summed E-state index contributed by atoms with van der Waals surface area (Å²) < 4.78 is 53.2. The van der Waals surface area contributed by atoms with Crippen molar-refractivity contribution in [3.8, 4) is 11.3 Å². The lowest BCUT2D eigenvalue weighted by atomic mass is 10.1. The minimum Gasteiger partial charge on any atom is -0.378 e. The van der Waals surface area contributed by atoms with Gasteiger partial charge in [-0.15, -0.1) is 4.40 Å². The molecular formula is C22H21N3O5S2. The Kier molecular flexibility index (Phi) is 6.63. The van der Waals surface area contributed by atoms with E-state index >= 15 is 0 Å². The van der Waals surface area contributed by atoms with Gasteiger partial charge < -0.3 is 14.2 Å². The van der Waals surface area contributed by atoms with Crippen LogP contribution >= 0.6 is 0 Å². The van der Waals surface area contributed by atoms with Gasteiger partial charge in [0.2, 0.25) is 0 Å². The fraction of sp³-hybridized carbons (Fsp3) is 0.227. The average Bonchev–Trinajstić information content (AvgIpc) is 3.30. The Bertz CT molecular complexity index is 1270. The van der Waals surface area contributed by atoms with Crippen molar-refractivity contribution in [1.29, 1.82) is 0 Å². The summed E-state index contributed by atoms with van der Waals surface area (Å²) in [5, 5.41) is 4.05. The van der Waals surface area contributed by atoms with Crippen LogP contribution in [-0.4, -0.2) is 59.7 Å². The molecule has 0 N–H and O–H groups in total. The normalized spacial score (nSPS) is 14.9. The maximum Gasteiger partial charge on any atom is 0.284 e. The predicted molar refractivity (Wildman–Crippen MR) is 122 cm³/mol. The summed E-state index contributed by atoms with van der Waals surface area (Å²) in [6.45, 7) is 3.45. The molecule has 2 heterocycles. The molecule has 166 valence electrons. The van der Waals surface area contributed by atoms with Crippen LogP contribution in [0.25, 0.3) is 11.3 Å². The topological polar surface area (TPSA) is 102 Å². The van der Waals surface area contributed by atoms with Crippen molar-refractivity contribution in [1.82, 2.24) is 10.1 Å². The molecule has 4 rings (SSSR count). The minimum atomic E-state index is -4.06. The molecule has 0 saturated carbocycles. The van der Waals surface area contributed by atoms with Crippen molar-refractivity contribution < 1.29 is 21.9 Å². The Labute approximate surface area is 189 Å². The first-order valence-corrected chi connectivity index (χ1v) is 12.1. The lowest BCUT2D eigenvalue weighted by Gasteiger charge is -2.29. The van der Waals surface area contributed by atoms with Gasteiger partial charge in [0.1, 0.15) is 16.9 Å². The molecule has 1 aromatic heterocycles. The van der Waals surface area contributed by atoms with Gasteiger partial charge in [-0.2, -0.15) is 8.42 Å². The third kappa shape index (κ3) is 4.87. The second kappa shape index (κ2) is 9.60. The molecule has 0 radical (unpaired) electrons. The second-order valence-corrected chi connectivity index (χ2v) is 9.34. The van der Waals surface area contributed by atoms with Crippen LogP contribution < -0.4 is 0 Å². The summed E-state index contributed by atoms with van der Waals surface area (Å²) in [5.74, 6) is 0.192. The van der Waals surface area contributed by atoms with E-state index < -0.39 is 10.0 Å². The van der Waals surface area contributed by atoms with Crippen molar-refractivity contribution in [3.63, 3.8) is 0 Å². The Morgan fingerprint density at radius 3 is 2.41 bits per heavy atom. The van der Waals surface area contributed by atoms with Gasteiger partial charge in [-0.3, -0.25) is 0 Å². The summed E-state index contributed by atoms with van der Waals surface area (Å²) in [5.41, 5.74) is 2.28. The third-order valence-corrected chi connectivity index (χ3v) is 6.76. The molecule has 32 heavy (non-hydrogen) atoms. The zero-order valence-corrected chi connectivity index (χ0v) is 18.9. The van der Waals surface area contributed by atoms with E-state index in [1.54, 1.807) is 23.1 Å². The molecule has 0 unspecified atom stereocenters. The van der Waals surface area contributed by atoms with Crippen LogP contribution in [0, 0.1) is 6.92 Å². The van der Waals surface area contributed by atoms with E-state index in [1.807, 2.05) is 37.3 Å². The Morgan fingerprint density at radius 2 is 1.75 bits per heavy atom. The van der Waals surface area contributed by atoms with Crippen molar-refractivity contribution in [2.24, 2.45) is 4.40 Å². The summed E-state index contributed by atoms with van der Waals surface area (Å²) in [6, 6.07) is 17.4. The van der Waals surface area contributed by atoms with Crippen molar-refractivity contribution in [3.05, 3.63) is 72.0 Å². The van der Waals surface area contributed by atoms with E-state index in [9.17, 15) is 12.6 Å². The maximum atomic E-state index is 13.1. The van der Waals surface area contributed by atoms with Crippen LogP contribution in [0.4, 0.5) is 0 Å². The number of rotatable bonds is 5. The fourth-order valence-electron chi connectivity index (χ4n) is 3.21. The Morgan fingerprint density at radius 1 is 1.06 bits per heavy atom. The highest BCUT2D eigenvalue weighted by Crippen LogP contribution is 2.21. The molecule has 0 atom stereocenters. The lowest BCUT2D eigenvalue weighted by molar-refractivity contribution is 0.0689. The maximum absolute atomic E-state index is 13.1. The standard InChI is InChI=1S/C22H21N3O5S2/c1-16-7-9-18(10-8-16)32(27,28)24-22(25-11-13-29-14-12-25)21(31-26)20-15-19(23-30-20)17-5-3-2-4-6-17/h2-10,15H,11-14H2,1H3/b24-22+. The number of aryl methyl sites for hydroxylation is 1. The molecular weight excluding hydrogens is 450 g/mol. The van der Waals surface area contributed by atoms with Crippen LogP contribution in [0.15, 0.2) is 74.5 Å². The van der Waals surface area contributed by atoms with E-state index in [2.05, 4.69) is 9.55 Å². The summed E-state index contributed by atoms with van der Waals surface area (Å²) in [6.07, 6.45) is 0. The number of ether oxygens (including phenoxy) is 1. The quantitative estimate of drug-likeness (QED) is 0.244. The number of sulfonamides is 1. The van der Waals surface area contributed by atoms with Gasteiger partial charge in [-0.05, 0) is 19.1 Å². The van der Waals surface area contributed by atoms with Gasteiger partial charge in [-0.1, -0.05) is 53.2 Å². The third-order valence-electron chi connectivity index (χ3n) is 4.93. The molecule has 2 aromatic carbocycles. The minimum absolute atomic E-state index is 0.0321. The summed E-state index contributed by atoms with van der Waals surface area (Å²) in [4.78, 5) is 1.82. The molecule has 1 aliphatic heterocycles. The fourth-order valence-corrected chi connectivity index (χ4v) is 4.72. The number of aromatic nitrogens is 1. The SMILES string of the molecule is Cc1ccc(S(=O)(=O)/N=C(\C(=S=O)c2cc(-c3ccccc3)no2)N2CCOCC2)cc1. The van der Waals surface area contributed by atoms with Gasteiger partial charge in [0.15, 0.2) is 16.5 Å². The van der Waals surface area contributed by atoms with Crippen LogP contribution in [0.3, 0.4) is 0 Å². The summed E-state index contributed by atoms with van der Waals surface area (Å²) in [7, 11) is -4.06. The number of benzene rings is 2. The first kappa shape index (κ1) is 22.1. The zero-order chi connectivity index (χ0) is 22.6. The number of hydrogen-bond donors (Lipinski definition) is 0. The molecule has 10 heteroatoms. The highest BCUT2D eigenvalue weighted by Gasteiger charge is 2.27. The van der Waals surface area contributed by atoms with Gasteiger partial charge in [0.05, 0.1) is 18.1 Å². The number of hydrogen-bond acceptors (Lipinski definition) is 6. The van der Waals surface area contributed by atoms with E-state index in [0.29, 0.717) is 32.0 Å². The first-order chi connectivity index (χ1) is 15.5. The van der Waals surface area contributed by atoms with Crippen LogP contribution in [-0.2, 0) is 26.0 Å². The average molecular weight is 472 g/mol. The first-order valence-electron chi connectivity index (χ1n) is 9.92. The van der Waals surface area contributed by atoms with E-state index in [4.69, 9.17) is 9.26 Å². The predicted octanol–water partition coefficient (Wildman–Crippen LogP) is 2.50. The highest BCUT2D eigenvalue weighted by molar-refractivity contribution is 7.90. The van der Waals surface area contributed by atoms with Gasteiger partial charge in [-0.25, -0.2) is 4.21 Å². The van der Waals surface area contributed by atoms with E-state index in [0.717, 1.165) is 11.1 Å². The van der Waals surface area contributed by atoms with Crippen molar-refractivity contribution in [2.75, 3.05) is 26.3 Å². The second-order valence-electron chi connectivity index (χ2n) is 7.16. The molecule has 8 nitrogen and oxygen atoms in total. The number of nitrogens with zero attached hydrogens (tertiary/aromatic N) is 3. The molecule has 3 aromatic rings. The van der Waals surface area contributed by atoms with E-state index in [1.165, 1.54) is 12.1 Å². The number of amidine groups is 1. The molecule has 1 fully saturated rings. The Hall–Kier alpha value is -3.08. The van der Waals surface area contributed by atoms with Crippen molar-refractivity contribution in [2.45, 2.75) is 11.8 Å². The molecule has 0 amide bonds. The molecule has 0 spiro atoms. The number of morpholine rings is 1. The summed E-state index contributed by atoms with van der Waals surface area (Å²) >= 11 is 0.127. The van der Waals surface area contributed by atoms with Gasteiger partial charge in [0, 0.05) is 24.7 Å². The molecule has 1 aliphatic rings. The molecule has 1 saturated heterocycles. The highest BCUT2D eigenvalue weighted by atomic mass is 32.2. The van der Waals surface area contributed by atoms with Gasteiger partial charge >= 0.3 is 0 Å². The Balaban J connectivity index is 1.77. The van der Waals surface area contributed by atoms with Gasteiger partial charge in [0.25, 0.3) is 10.0 Å². The largest absolute Gasteiger partial charge is 0.378 e. The van der Waals surface area contributed by atoms with Crippen LogP contribution in [0.1, 0.15) is 11.3 Å². The van der Waals surface area contributed by atoms with Crippen LogP contribution in [0.2, 0.25) is 0 Å². The smallest absolute Gasteiger partial charge is 0.284 e. The van der Waals surface area contributed by atoms with E-state index in [-0.39, 0.29) is 32.6 Å². The zero-order valence-electron chi connectivity index (χ0n) is 17.3. The van der Waals surface area contributed by atoms with Crippen LogP contribution in [0.5, 0.6) is 0 Å². The monoisotopic (exact) mass is 471 g/mol. The lowest BCUT2D eigenvalue weighted by Crippen LogP contribution is -2.44.